The Labute approximate surface area is 101 Å². The summed E-state index contributed by atoms with van der Waals surface area (Å²) in [6.07, 6.45) is 1.18. The van der Waals surface area contributed by atoms with Gasteiger partial charge in [-0.15, -0.1) is 0 Å². The van der Waals surface area contributed by atoms with Gasteiger partial charge < -0.3 is 5.11 Å². The standard InChI is InChI=1S/C10H12N2O4S/c13-8-10(16)17-4-3-12(8)7-2-1-6(5-11-7)9(14)15/h1-2,5H,3-4H2,17H4,(H,14,15). The maximum atomic E-state index is 11.6. The summed E-state index contributed by atoms with van der Waals surface area (Å²) in [5, 5.41) is 8.42. The number of carbonyl (C=O) groups is 3. The molecule has 0 aliphatic carbocycles. The SMILES string of the molecule is O=C1[SH4]CCN(c2ccc(C(=O)O)cn2)C1=O. The highest BCUT2D eigenvalue weighted by Crippen LogP contribution is 2.19. The number of amides is 1. The largest absolute Gasteiger partial charge is 0.478 e. The van der Waals surface area contributed by atoms with Gasteiger partial charge in [-0.2, -0.15) is 0 Å². The Bertz CT molecular complexity index is 486. The number of carbonyl (C=O) groups excluding carboxylic acids is 2. The van der Waals surface area contributed by atoms with Crippen molar-refractivity contribution in [2.24, 2.45) is 0 Å². The van der Waals surface area contributed by atoms with E-state index in [1.165, 1.54) is 23.2 Å². The Morgan fingerprint density at radius 3 is 2.76 bits per heavy atom. The van der Waals surface area contributed by atoms with E-state index in [9.17, 15) is 14.4 Å². The van der Waals surface area contributed by atoms with Crippen molar-refractivity contribution in [3.8, 4) is 0 Å². The minimum absolute atomic E-state index is 0.0545. The summed E-state index contributed by atoms with van der Waals surface area (Å²) in [6.45, 7) is 0.496. The highest BCUT2D eigenvalue weighted by molar-refractivity contribution is 8.15. The number of carboxylic acids is 1. The fourth-order valence-corrected chi connectivity index (χ4v) is 2.85. The van der Waals surface area contributed by atoms with Crippen molar-refractivity contribution in [1.29, 1.82) is 0 Å². The van der Waals surface area contributed by atoms with Crippen LogP contribution in [-0.2, 0) is 9.59 Å². The monoisotopic (exact) mass is 256 g/mol. The third-order valence-corrected chi connectivity index (χ3v) is 3.97. The molecule has 0 aromatic carbocycles. The topological polar surface area (TPSA) is 87.6 Å². The molecule has 1 aromatic heterocycles. The van der Waals surface area contributed by atoms with Crippen LogP contribution in [0, 0.1) is 0 Å². The highest BCUT2D eigenvalue weighted by Gasteiger charge is 2.26. The lowest BCUT2D eigenvalue weighted by atomic mass is 10.3. The number of carboxylic acid groups (broad SMARTS) is 1. The van der Waals surface area contributed by atoms with E-state index in [4.69, 9.17) is 5.11 Å². The Hall–Kier alpha value is -1.89. The minimum atomic E-state index is -1.07. The molecule has 1 saturated heterocycles. The van der Waals surface area contributed by atoms with E-state index >= 15 is 0 Å². The van der Waals surface area contributed by atoms with Gasteiger partial charge in [0.2, 0.25) is 5.12 Å². The number of hydrogen-bond donors (Lipinski definition) is 1. The lowest BCUT2D eigenvalue weighted by Crippen LogP contribution is -2.41. The molecule has 1 N–H and O–H groups in total. The zero-order valence-electron chi connectivity index (χ0n) is 8.92. The maximum absolute atomic E-state index is 11.6. The van der Waals surface area contributed by atoms with Gasteiger partial charge in [-0.25, -0.2) is 21.5 Å². The molecule has 1 aliphatic heterocycles. The molecule has 0 radical (unpaired) electrons. The van der Waals surface area contributed by atoms with Crippen molar-refractivity contribution in [3.63, 3.8) is 0 Å². The zero-order chi connectivity index (χ0) is 12.4. The molecule has 0 saturated carbocycles. The van der Waals surface area contributed by atoms with Crippen molar-refractivity contribution in [1.82, 2.24) is 4.98 Å². The van der Waals surface area contributed by atoms with Crippen molar-refractivity contribution in [2.75, 3.05) is 17.2 Å². The third-order valence-electron chi connectivity index (χ3n) is 2.54. The van der Waals surface area contributed by atoms with Crippen LogP contribution in [0.25, 0.3) is 0 Å². The number of pyridine rings is 1. The van der Waals surface area contributed by atoms with Crippen LogP contribution in [0.4, 0.5) is 5.82 Å². The van der Waals surface area contributed by atoms with E-state index in [2.05, 4.69) is 4.98 Å². The van der Waals surface area contributed by atoms with E-state index in [-0.39, 0.29) is 10.7 Å². The second-order valence-electron chi connectivity index (χ2n) is 3.69. The summed E-state index contributed by atoms with van der Waals surface area (Å²) in [5.74, 6) is -0.509. The average Bonchev–Trinajstić information content (AvgIpc) is 2.33. The van der Waals surface area contributed by atoms with Gasteiger partial charge in [0.25, 0.3) is 0 Å². The van der Waals surface area contributed by atoms with Gasteiger partial charge in [0, 0.05) is 12.7 Å². The van der Waals surface area contributed by atoms with E-state index in [1.807, 2.05) is 0 Å². The summed E-state index contributed by atoms with van der Waals surface area (Å²) < 4.78 is 0. The first-order valence-corrected chi connectivity index (χ1v) is 6.84. The Morgan fingerprint density at radius 2 is 2.18 bits per heavy atom. The molecule has 2 rings (SSSR count). The van der Waals surface area contributed by atoms with Crippen molar-refractivity contribution in [3.05, 3.63) is 23.9 Å². The average molecular weight is 256 g/mol. The van der Waals surface area contributed by atoms with Crippen molar-refractivity contribution < 1.29 is 19.5 Å². The molecular weight excluding hydrogens is 244 g/mol. The third kappa shape index (κ3) is 2.28. The van der Waals surface area contributed by atoms with Crippen molar-refractivity contribution in [2.45, 2.75) is 0 Å². The van der Waals surface area contributed by atoms with Crippen LogP contribution in [-0.4, -0.2) is 39.4 Å². The van der Waals surface area contributed by atoms with Crippen LogP contribution in [0.3, 0.4) is 0 Å². The normalized spacial score (nSPS) is 16.6. The first-order chi connectivity index (χ1) is 8.09. The van der Waals surface area contributed by atoms with Crippen LogP contribution in [0.2, 0.25) is 0 Å². The number of nitrogens with zero attached hydrogens (tertiary/aromatic N) is 2. The molecule has 17 heavy (non-hydrogen) atoms. The smallest absolute Gasteiger partial charge is 0.337 e. The molecule has 0 unspecified atom stereocenters. The van der Waals surface area contributed by atoms with Crippen LogP contribution < -0.4 is 4.90 Å². The molecule has 2 heterocycles. The summed E-state index contributed by atoms with van der Waals surface area (Å²) in [6, 6.07) is 2.82. The molecule has 1 aliphatic rings. The molecule has 1 aromatic rings. The molecule has 1 amide bonds. The fourth-order valence-electron chi connectivity index (χ4n) is 1.65. The summed E-state index contributed by atoms with van der Waals surface area (Å²) in [4.78, 5) is 38.7. The minimum Gasteiger partial charge on any atom is -0.478 e. The first kappa shape index (κ1) is 11.6. The fraction of sp³-hybridized carbons (Fsp3) is 0.200. The van der Waals surface area contributed by atoms with Gasteiger partial charge >= 0.3 is 11.9 Å². The van der Waals surface area contributed by atoms with Crippen molar-refractivity contribution >= 4 is 34.6 Å². The van der Waals surface area contributed by atoms with E-state index in [0.717, 1.165) is 5.75 Å². The number of anilines is 1. The predicted octanol–water partition coefficient (Wildman–Crippen LogP) is -0.685. The number of rotatable bonds is 2. The second-order valence-corrected chi connectivity index (χ2v) is 5.54. The van der Waals surface area contributed by atoms with Crippen LogP contribution >= 0.6 is 11.8 Å². The van der Waals surface area contributed by atoms with E-state index < -0.39 is 23.6 Å². The zero-order valence-corrected chi connectivity index (χ0v) is 10.3. The Morgan fingerprint density at radius 1 is 1.41 bits per heavy atom. The first-order valence-electron chi connectivity index (χ1n) is 5.13. The molecule has 6 nitrogen and oxygen atoms in total. The molecule has 92 valence electrons. The van der Waals surface area contributed by atoms with Gasteiger partial charge in [0.15, 0.2) is 0 Å². The summed E-state index contributed by atoms with van der Waals surface area (Å²) in [7, 11) is 0. The van der Waals surface area contributed by atoms with E-state index in [1.54, 1.807) is 0 Å². The Balaban J connectivity index is 2.25. The van der Waals surface area contributed by atoms with Gasteiger partial charge in [-0.3, -0.25) is 14.5 Å². The molecule has 7 heteroatoms. The van der Waals surface area contributed by atoms with Gasteiger partial charge in [-0.05, 0) is 17.9 Å². The lowest BCUT2D eigenvalue weighted by molar-refractivity contribution is -0.131. The number of hydrogen-bond acceptors (Lipinski definition) is 4. The van der Waals surface area contributed by atoms with Gasteiger partial charge in [0.1, 0.15) is 5.82 Å². The molecular formula is C10H12N2O4S. The predicted molar refractivity (Wildman–Crippen MR) is 66.6 cm³/mol. The number of aromatic carboxylic acids is 1. The van der Waals surface area contributed by atoms with Crippen LogP contribution in [0.1, 0.15) is 10.4 Å². The molecule has 0 atom stereocenters. The van der Waals surface area contributed by atoms with Gasteiger partial charge in [0.05, 0.1) is 5.56 Å². The lowest BCUT2D eigenvalue weighted by Gasteiger charge is -2.25. The van der Waals surface area contributed by atoms with E-state index in [0.29, 0.717) is 12.4 Å². The number of aromatic nitrogens is 1. The summed E-state index contributed by atoms with van der Waals surface area (Å²) in [5.41, 5.74) is 0.0545. The maximum Gasteiger partial charge on any atom is 0.337 e. The summed E-state index contributed by atoms with van der Waals surface area (Å²) >= 11 is -0.924. The molecule has 0 bridgehead atoms. The highest BCUT2D eigenvalue weighted by atomic mass is 32.2. The molecule has 0 spiro atoms. The quantitative estimate of drug-likeness (QED) is 0.708. The second kappa shape index (κ2) is 4.54. The van der Waals surface area contributed by atoms with Gasteiger partial charge in [-0.1, -0.05) is 0 Å². The van der Waals surface area contributed by atoms with Crippen LogP contribution in [0.15, 0.2) is 18.3 Å². The Kier molecular flexibility index (Phi) is 3.10. The molecule has 1 fully saturated rings. The van der Waals surface area contributed by atoms with Crippen LogP contribution in [0.5, 0.6) is 0 Å².